The molecule has 1 aromatic heterocycles. The molecule has 2 aliphatic heterocycles. The van der Waals surface area contributed by atoms with Crippen molar-refractivity contribution in [2.75, 3.05) is 26.2 Å². The predicted molar refractivity (Wildman–Crippen MR) is 160 cm³/mol. The zero-order valence-corrected chi connectivity index (χ0v) is 24.1. The summed E-state index contributed by atoms with van der Waals surface area (Å²) in [5.41, 5.74) is 3.89. The molecule has 41 heavy (non-hydrogen) atoms. The van der Waals surface area contributed by atoms with Crippen molar-refractivity contribution in [3.05, 3.63) is 99.8 Å². The second-order valence-corrected chi connectivity index (χ2v) is 12.4. The van der Waals surface area contributed by atoms with Gasteiger partial charge in [-0.2, -0.15) is 0 Å². The van der Waals surface area contributed by atoms with Crippen molar-refractivity contribution >= 4 is 35.6 Å². The topological polar surface area (TPSA) is 74.1 Å². The van der Waals surface area contributed by atoms with Gasteiger partial charge in [-0.3, -0.25) is 14.4 Å². The molecule has 3 fully saturated rings. The van der Waals surface area contributed by atoms with E-state index in [1.807, 2.05) is 30.3 Å². The van der Waals surface area contributed by atoms with Crippen LogP contribution in [0.2, 0.25) is 0 Å². The Kier molecular flexibility index (Phi) is 8.01. The van der Waals surface area contributed by atoms with Gasteiger partial charge in [0.2, 0.25) is 0 Å². The number of rotatable bonds is 5. The summed E-state index contributed by atoms with van der Waals surface area (Å²) in [6, 6.07) is 19.6. The van der Waals surface area contributed by atoms with Crippen LogP contribution in [0.25, 0.3) is 6.08 Å². The minimum Gasteiger partial charge on any atom is -0.459 e. The van der Waals surface area contributed by atoms with Crippen molar-refractivity contribution in [1.29, 1.82) is 0 Å². The molecule has 0 radical (unpaired) electrons. The molecule has 0 bridgehead atoms. The Balaban J connectivity index is 1.13. The maximum atomic E-state index is 13.7. The predicted octanol–water partition coefficient (Wildman–Crippen LogP) is 5.61. The van der Waals surface area contributed by atoms with E-state index in [1.165, 1.54) is 30.2 Å². The first-order chi connectivity index (χ1) is 20.0. The number of piperazine rings is 1. The van der Waals surface area contributed by atoms with E-state index in [0.717, 1.165) is 23.3 Å². The lowest BCUT2D eigenvalue weighted by atomic mass is 9.92. The van der Waals surface area contributed by atoms with Crippen LogP contribution >= 0.6 is 11.8 Å². The number of carbonyl (C=O) groups is 3. The van der Waals surface area contributed by atoms with E-state index in [4.69, 9.17) is 4.42 Å². The number of benzene rings is 2. The summed E-state index contributed by atoms with van der Waals surface area (Å²) in [6.45, 7) is 4.60. The van der Waals surface area contributed by atoms with Gasteiger partial charge in [0, 0.05) is 49.6 Å². The molecule has 2 atom stereocenters. The Morgan fingerprint density at radius 3 is 2.37 bits per heavy atom. The van der Waals surface area contributed by atoms with Crippen molar-refractivity contribution in [1.82, 2.24) is 14.7 Å². The molecule has 7 nitrogen and oxygen atoms in total. The van der Waals surface area contributed by atoms with Crippen LogP contribution in [0.4, 0.5) is 0 Å². The maximum absolute atomic E-state index is 13.7. The Morgan fingerprint density at radius 2 is 1.66 bits per heavy atom. The van der Waals surface area contributed by atoms with Crippen molar-refractivity contribution in [3.8, 4) is 0 Å². The van der Waals surface area contributed by atoms with Crippen molar-refractivity contribution < 1.29 is 18.8 Å². The Hall–Kier alpha value is -3.78. The lowest BCUT2D eigenvalue weighted by Gasteiger charge is -2.44. The molecule has 3 aliphatic rings. The Labute approximate surface area is 245 Å². The van der Waals surface area contributed by atoms with E-state index in [2.05, 4.69) is 36.1 Å². The number of fused-ring (bicyclic) bond motifs is 1. The first kappa shape index (κ1) is 27.4. The monoisotopic (exact) mass is 569 g/mol. The Bertz CT molecular complexity index is 1440. The quantitative estimate of drug-likeness (QED) is 0.373. The largest absolute Gasteiger partial charge is 0.459 e. The number of thioether (sulfide) groups is 1. The Morgan fingerprint density at radius 1 is 0.927 bits per heavy atom. The van der Waals surface area contributed by atoms with Crippen LogP contribution in [0.3, 0.4) is 0 Å². The minimum absolute atomic E-state index is 0.0493. The van der Waals surface area contributed by atoms with E-state index < -0.39 is 0 Å². The third-order valence-electron chi connectivity index (χ3n) is 8.29. The van der Waals surface area contributed by atoms with Gasteiger partial charge in [-0.1, -0.05) is 54.8 Å². The molecule has 6 rings (SSSR count). The molecule has 1 saturated carbocycles. The van der Waals surface area contributed by atoms with Gasteiger partial charge in [-0.15, -0.1) is 11.8 Å². The number of carbonyl (C=O) groups excluding carboxylic acids is 3. The highest BCUT2D eigenvalue weighted by Crippen LogP contribution is 2.42. The minimum atomic E-state index is -0.147. The molecule has 0 N–H and O–H groups in total. The fourth-order valence-electron chi connectivity index (χ4n) is 6.09. The molecule has 3 amide bonds. The third kappa shape index (κ3) is 5.98. The fraction of sp³-hybridized carbons (Fsp3) is 0.364. The molecular formula is C33H35N3O4S. The molecule has 2 saturated heterocycles. The smallest absolute Gasteiger partial charge is 0.289 e. The zero-order valence-electron chi connectivity index (χ0n) is 23.3. The second-order valence-electron chi connectivity index (χ2n) is 11.1. The lowest BCUT2D eigenvalue weighted by molar-refractivity contribution is -0.130. The molecule has 2 aromatic carbocycles. The van der Waals surface area contributed by atoms with Gasteiger partial charge in [0.15, 0.2) is 5.76 Å². The maximum Gasteiger partial charge on any atom is 0.289 e. The van der Waals surface area contributed by atoms with Gasteiger partial charge in [0.25, 0.3) is 17.7 Å². The average Bonchev–Trinajstić information content (AvgIpc) is 3.54. The first-order valence-electron chi connectivity index (χ1n) is 14.4. The number of furan rings is 1. The van der Waals surface area contributed by atoms with Gasteiger partial charge < -0.3 is 19.1 Å². The second kappa shape index (κ2) is 12.0. The van der Waals surface area contributed by atoms with E-state index in [-0.39, 0.29) is 23.8 Å². The molecule has 3 aromatic rings. The molecule has 212 valence electrons. The lowest BCUT2D eigenvalue weighted by Crippen LogP contribution is -2.50. The molecule has 8 heteroatoms. The molecule has 3 heterocycles. The highest BCUT2D eigenvalue weighted by atomic mass is 32.2. The number of aryl methyl sites for hydroxylation is 1. The normalized spacial score (nSPS) is 22.1. The number of hydrogen-bond donors (Lipinski definition) is 0. The molecule has 1 aliphatic carbocycles. The first-order valence-corrected chi connectivity index (χ1v) is 15.3. The SMILES string of the molecule is Cc1cccc(CN2C(=O)/C(=C\c3ccc(C(=O)N4CCN(C(=O)c5ccco5)CC4)cc3)SC3CCCCC32)c1. The highest BCUT2D eigenvalue weighted by molar-refractivity contribution is 8.04. The number of nitrogens with zero attached hydrogens (tertiary/aromatic N) is 3. The summed E-state index contributed by atoms with van der Waals surface area (Å²) in [5.74, 6) is 0.224. The van der Waals surface area contributed by atoms with Crippen molar-refractivity contribution in [3.63, 3.8) is 0 Å². The van der Waals surface area contributed by atoms with Gasteiger partial charge in [-0.05, 0) is 61.2 Å². The molecule has 0 spiro atoms. The van der Waals surface area contributed by atoms with E-state index in [1.54, 1.807) is 33.7 Å². The molecular weight excluding hydrogens is 534 g/mol. The summed E-state index contributed by atoms with van der Waals surface area (Å²) in [7, 11) is 0. The van der Waals surface area contributed by atoms with Gasteiger partial charge >= 0.3 is 0 Å². The van der Waals surface area contributed by atoms with Gasteiger partial charge in [0.05, 0.1) is 11.2 Å². The van der Waals surface area contributed by atoms with Crippen LogP contribution in [0.5, 0.6) is 0 Å². The third-order valence-corrected chi connectivity index (χ3v) is 9.69. The number of hydrogen-bond acceptors (Lipinski definition) is 5. The van der Waals surface area contributed by atoms with Crippen LogP contribution < -0.4 is 0 Å². The fourth-order valence-corrected chi connectivity index (χ4v) is 7.57. The standard InChI is InChI=1S/C33H35N3O4S/c1-23-6-4-7-25(20-23)22-36-27-8-2-3-10-29(27)41-30(33(36)39)21-24-11-13-26(14-12-24)31(37)34-15-17-35(18-16-34)32(38)28-9-5-19-40-28/h4-7,9,11-14,19-21,27,29H,2-3,8,10,15-18,22H2,1H3/b30-21+. The summed E-state index contributed by atoms with van der Waals surface area (Å²) in [5, 5.41) is 0.414. The van der Waals surface area contributed by atoms with Crippen molar-refractivity contribution in [2.45, 2.75) is 50.4 Å². The van der Waals surface area contributed by atoms with Crippen LogP contribution in [0.15, 0.2) is 76.2 Å². The summed E-state index contributed by atoms with van der Waals surface area (Å²) < 4.78 is 5.23. The average molecular weight is 570 g/mol. The highest BCUT2D eigenvalue weighted by Gasteiger charge is 2.40. The zero-order chi connectivity index (χ0) is 28.3. The summed E-state index contributed by atoms with van der Waals surface area (Å²) in [6.07, 6.45) is 8.03. The summed E-state index contributed by atoms with van der Waals surface area (Å²) in [4.78, 5) is 45.8. The van der Waals surface area contributed by atoms with Gasteiger partial charge in [-0.25, -0.2) is 0 Å². The van der Waals surface area contributed by atoms with Gasteiger partial charge in [0.1, 0.15) is 0 Å². The van der Waals surface area contributed by atoms with Crippen LogP contribution in [0.1, 0.15) is 63.3 Å². The van der Waals surface area contributed by atoms with Crippen LogP contribution in [-0.4, -0.2) is 69.9 Å². The van der Waals surface area contributed by atoms with E-state index in [0.29, 0.717) is 49.3 Å². The van der Waals surface area contributed by atoms with E-state index in [9.17, 15) is 14.4 Å². The summed E-state index contributed by atoms with van der Waals surface area (Å²) >= 11 is 1.73. The number of amides is 3. The van der Waals surface area contributed by atoms with Crippen LogP contribution in [-0.2, 0) is 11.3 Å². The van der Waals surface area contributed by atoms with Crippen molar-refractivity contribution in [2.24, 2.45) is 0 Å². The van der Waals surface area contributed by atoms with Crippen LogP contribution in [0, 0.1) is 6.92 Å². The molecule has 2 unspecified atom stereocenters. The van der Waals surface area contributed by atoms with E-state index >= 15 is 0 Å².